The van der Waals surface area contributed by atoms with Crippen molar-refractivity contribution in [1.82, 2.24) is 15.3 Å². The number of hydrogen-bond donors (Lipinski definition) is 1. The van der Waals surface area contributed by atoms with Crippen LogP contribution in [0.4, 0.5) is 0 Å². The predicted octanol–water partition coefficient (Wildman–Crippen LogP) is 1.68. The van der Waals surface area contributed by atoms with Crippen LogP contribution in [0.15, 0.2) is 17.8 Å². The number of rotatable bonds is 5. The van der Waals surface area contributed by atoms with E-state index in [2.05, 4.69) is 15.3 Å². The second-order valence-corrected chi connectivity index (χ2v) is 5.25. The maximum atomic E-state index is 11.8. The van der Waals surface area contributed by atoms with Crippen LogP contribution in [0.5, 0.6) is 0 Å². The van der Waals surface area contributed by atoms with Gasteiger partial charge in [-0.2, -0.15) is 0 Å². The van der Waals surface area contributed by atoms with Gasteiger partial charge in [-0.05, 0) is 0 Å². The van der Waals surface area contributed by atoms with E-state index in [1.807, 2.05) is 5.38 Å². The normalized spacial score (nSPS) is 10.4. The number of nitrogens with zero attached hydrogens (tertiary/aromatic N) is 2. The van der Waals surface area contributed by atoms with E-state index in [1.165, 1.54) is 22.7 Å². The van der Waals surface area contributed by atoms with Crippen molar-refractivity contribution in [2.75, 3.05) is 7.11 Å². The molecule has 2 heterocycles. The fourth-order valence-electron chi connectivity index (χ4n) is 1.19. The third kappa shape index (κ3) is 3.32. The van der Waals surface area contributed by atoms with Crippen LogP contribution in [0.25, 0.3) is 0 Å². The van der Waals surface area contributed by atoms with Crippen molar-refractivity contribution in [1.29, 1.82) is 0 Å². The van der Waals surface area contributed by atoms with Crippen molar-refractivity contribution in [3.05, 3.63) is 32.7 Å². The number of nitrogens with one attached hydrogen (secondary N) is 1. The highest BCUT2D eigenvalue weighted by Crippen LogP contribution is 2.13. The van der Waals surface area contributed by atoms with Crippen LogP contribution in [-0.2, 0) is 17.9 Å². The Bertz CT molecular complexity index is 481. The average Bonchev–Trinajstić information content (AvgIpc) is 2.97. The first-order valence-corrected chi connectivity index (χ1v) is 6.59. The fourth-order valence-corrected chi connectivity index (χ4v) is 2.55. The standard InChI is InChI=1S/C10H11N3O2S2/c1-15-6-9-12-4-7(17-9)10(14)13-5-8-11-2-3-16-8/h2-4H,5-6H2,1H3,(H,13,14). The van der Waals surface area contributed by atoms with Crippen molar-refractivity contribution < 1.29 is 9.53 Å². The molecule has 0 aliphatic carbocycles. The van der Waals surface area contributed by atoms with Gasteiger partial charge >= 0.3 is 0 Å². The van der Waals surface area contributed by atoms with E-state index in [0.717, 1.165) is 10.0 Å². The number of hydrogen-bond acceptors (Lipinski definition) is 6. The van der Waals surface area contributed by atoms with Crippen LogP contribution < -0.4 is 5.32 Å². The Kier molecular flexibility index (Phi) is 4.18. The molecule has 2 aromatic heterocycles. The van der Waals surface area contributed by atoms with Crippen molar-refractivity contribution in [3.63, 3.8) is 0 Å². The lowest BCUT2D eigenvalue weighted by Gasteiger charge is -1.99. The largest absolute Gasteiger partial charge is 0.378 e. The summed E-state index contributed by atoms with van der Waals surface area (Å²) < 4.78 is 4.95. The lowest BCUT2D eigenvalue weighted by atomic mass is 10.5. The second kappa shape index (κ2) is 5.85. The van der Waals surface area contributed by atoms with Crippen LogP contribution in [0.1, 0.15) is 19.7 Å². The van der Waals surface area contributed by atoms with Gasteiger partial charge in [0.05, 0.1) is 19.3 Å². The zero-order valence-electron chi connectivity index (χ0n) is 9.17. The van der Waals surface area contributed by atoms with Gasteiger partial charge in [0.15, 0.2) is 0 Å². The van der Waals surface area contributed by atoms with Crippen molar-refractivity contribution in [2.24, 2.45) is 0 Å². The Balaban J connectivity index is 1.90. The first kappa shape index (κ1) is 12.2. The summed E-state index contributed by atoms with van der Waals surface area (Å²) in [5.74, 6) is -0.125. The lowest BCUT2D eigenvalue weighted by molar-refractivity contribution is 0.0954. The minimum atomic E-state index is -0.125. The van der Waals surface area contributed by atoms with Crippen LogP contribution >= 0.6 is 22.7 Å². The molecule has 0 saturated carbocycles. The molecule has 5 nitrogen and oxygen atoms in total. The maximum absolute atomic E-state index is 11.8. The quantitative estimate of drug-likeness (QED) is 0.897. The SMILES string of the molecule is COCc1ncc(C(=O)NCc2nccs2)s1. The third-order valence-corrected chi connectivity index (χ3v) is 3.68. The molecule has 90 valence electrons. The predicted molar refractivity (Wildman–Crippen MR) is 66.1 cm³/mol. The lowest BCUT2D eigenvalue weighted by Crippen LogP contribution is -2.21. The Morgan fingerprint density at radius 3 is 3.06 bits per heavy atom. The average molecular weight is 269 g/mol. The summed E-state index contributed by atoms with van der Waals surface area (Å²) in [4.78, 5) is 20.5. The highest BCUT2D eigenvalue weighted by atomic mass is 32.1. The molecule has 0 bridgehead atoms. The number of carbonyl (C=O) groups is 1. The van der Waals surface area contributed by atoms with E-state index >= 15 is 0 Å². The molecule has 2 aromatic rings. The molecule has 2 rings (SSSR count). The number of ether oxygens (including phenoxy) is 1. The van der Waals surface area contributed by atoms with Gasteiger partial charge in [0, 0.05) is 18.7 Å². The molecule has 0 aliphatic heterocycles. The van der Waals surface area contributed by atoms with Gasteiger partial charge in [-0.1, -0.05) is 0 Å². The topological polar surface area (TPSA) is 64.1 Å². The molecular weight excluding hydrogens is 258 g/mol. The zero-order chi connectivity index (χ0) is 12.1. The van der Waals surface area contributed by atoms with E-state index in [4.69, 9.17) is 4.74 Å². The van der Waals surface area contributed by atoms with Crippen LogP contribution in [0, 0.1) is 0 Å². The molecule has 0 saturated heterocycles. The highest BCUT2D eigenvalue weighted by molar-refractivity contribution is 7.13. The Morgan fingerprint density at radius 2 is 2.35 bits per heavy atom. The third-order valence-electron chi connectivity index (χ3n) is 1.93. The Labute approximate surface area is 106 Å². The summed E-state index contributed by atoms with van der Waals surface area (Å²) in [5, 5.41) is 6.36. The van der Waals surface area contributed by atoms with Crippen LogP contribution in [0.2, 0.25) is 0 Å². The van der Waals surface area contributed by atoms with E-state index in [9.17, 15) is 4.79 Å². The summed E-state index contributed by atoms with van der Waals surface area (Å²) in [5.41, 5.74) is 0. The fraction of sp³-hybridized carbons (Fsp3) is 0.300. The zero-order valence-corrected chi connectivity index (χ0v) is 10.8. The minimum Gasteiger partial charge on any atom is -0.378 e. The number of aromatic nitrogens is 2. The number of amides is 1. The summed E-state index contributed by atoms with van der Waals surface area (Å²) >= 11 is 2.85. The van der Waals surface area contributed by atoms with Crippen molar-refractivity contribution in [2.45, 2.75) is 13.2 Å². The van der Waals surface area contributed by atoms with Crippen molar-refractivity contribution in [3.8, 4) is 0 Å². The van der Waals surface area contributed by atoms with Gasteiger partial charge < -0.3 is 10.1 Å². The molecule has 0 atom stereocenters. The molecule has 0 aromatic carbocycles. The number of methoxy groups -OCH3 is 1. The summed E-state index contributed by atoms with van der Waals surface area (Å²) in [7, 11) is 1.60. The molecule has 0 unspecified atom stereocenters. The molecule has 1 N–H and O–H groups in total. The molecule has 0 fully saturated rings. The molecular formula is C10H11N3O2S2. The van der Waals surface area contributed by atoms with Gasteiger partial charge in [0.1, 0.15) is 14.9 Å². The van der Waals surface area contributed by atoms with E-state index < -0.39 is 0 Å². The Hall–Kier alpha value is -1.31. The molecule has 0 radical (unpaired) electrons. The second-order valence-electron chi connectivity index (χ2n) is 3.16. The number of carbonyl (C=O) groups excluding carboxylic acids is 1. The van der Waals surface area contributed by atoms with Gasteiger partial charge in [-0.15, -0.1) is 22.7 Å². The van der Waals surface area contributed by atoms with Crippen LogP contribution in [0.3, 0.4) is 0 Å². The smallest absolute Gasteiger partial charge is 0.263 e. The first-order chi connectivity index (χ1) is 8.29. The van der Waals surface area contributed by atoms with Crippen molar-refractivity contribution >= 4 is 28.6 Å². The van der Waals surface area contributed by atoms with Gasteiger partial charge in [-0.25, -0.2) is 9.97 Å². The van der Waals surface area contributed by atoms with E-state index in [1.54, 1.807) is 19.5 Å². The van der Waals surface area contributed by atoms with E-state index in [-0.39, 0.29) is 5.91 Å². The van der Waals surface area contributed by atoms with Crippen LogP contribution in [-0.4, -0.2) is 23.0 Å². The maximum Gasteiger partial charge on any atom is 0.263 e. The highest BCUT2D eigenvalue weighted by Gasteiger charge is 2.10. The van der Waals surface area contributed by atoms with Gasteiger partial charge in [0.2, 0.25) is 0 Å². The minimum absolute atomic E-state index is 0.125. The first-order valence-electron chi connectivity index (χ1n) is 4.90. The molecule has 0 aliphatic rings. The Morgan fingerprint density at radius 1 is 1.47 bits per heavy atom. The molecule has 0 spiro atoms. The molecule has 7 heteroatoms. The molecule has 1 amide bonds. The summed E-state index contributed by atoms with van der Waals surface area (Å²) in [6, 6.07) is 0. The summed E-state index contributed by atoms with van der Waals surface area (Å²) in [6.45, 7) is 0.887. The monoisotopic (exact) mass is 269 g/mol. The van der Waals surface area contributed by atoms with Gasteiger partial charge in [-0.3, -0.25) is 4.79 Å². The molecule has 17 heavy (non-hydrogen) atoms. The number of thiazole rings is 2. The van der Waals surface area contributed by atoms with E-state index in [0.29, 0.717) is 18.0 Å². The van der Waals surface area contributed by atoms with Gasteiger partial charge in [0.25, 0.3) is 5.91 Å². The summed E-state index contributed by atoms with van der Waals surface area (Å²) in [6.07, 6.45) is 3.28.